The first kappa shape index (κ1) is 8.58. The van der Waals surface area contributed by atoms with Crippen LogP contribution in [0, 0.1) is 0 Å². The van der Waals surface area contributed by atoms with Gasteiger partial charge in [-0.05, 0) is 6.08 Å². The zero-order chi connectivity index (χ0) is 9.47. The van der Waals surface area contributed by atoms with Crippen LogP contribution in [0.2, 0.25) is 0 Å². The van der Waals surface area contributed by atoms with Crippen molar-refractivity contribution in [1.29, 1.82) is 0 Å². The third-order valence-corrected chi connectivity index (χ3v) is 3.59. The van der Waals surface area contributed by atoms with Gasteiger partial charge in [-0.2, -0.15) is 0 Å². The molecule has 0 aromatic heterocycles. The molecule has 0 amide bonds. The average Bonchev–Trinajstić information content (AvgIpc) is 2.48. The van der Waals surface area contributed by atoms with Crippen LogP contribution in [0.15, 0.2) is 16.0 Å². The summed E-state index contributed by atoms with van der Waals surface area (Å²) in [5.74, 6) is -0.145. The molecule has 2 aliphatic heterocycles. The van der Waals surface area contributed by atoms with E-state index in [2.05, 4.69) is 9.71 Å². The minimum Gasteiger partial charge on any atom is -0.297 e. The molecule has 0 bridgehead atoms. The minimum atomic E-state index is -3.46. The van der Waals surface area contributed by atoms with Gasteiger partial charge >= 0.3 is 0 Å². The number of carbonyl (C=O) groups is 1. The summed E-state index contributed by atoms with van der Waals surface area (Å²) in [5.41, 5.74) is 0. The van der Waals surface area contributed by atoms with Crippen molar-refractivity contribution in [3.05, 3.63) is 11.0 Å². The number of nitrogens with zero attached hydrogens (tertiary/aromatic N) is 1. The van der Waals surface area contributed by atoms with Crippen LogP contribution in [-0.2, 0) is 14.8 Å². The molecule has 0 aromatic carbocycles. The highest BCUT2D eigenvalue weighted by molar-refractivity contribution is 7.93. The van der Waals surface area contributed by atoms with Crippen molar-refractivity contribution in [3.63, 3.8) is 0 Å². The number of rotatable bonds is 0. The molecule has 1 unspecified atom stereocenters. The van der Waals surface area contributed by atoms with Crippen LogP contribution in [0.5, 0.6) is 0 Å². The Morgan fingerprint density at radius 3 is 3.08 bits per heavy atom. The Hall–Kier alpha value is -1.01. The summed E-state index contributed by atoms with van der Waals surface area (Å²) in [4.78, 5) is 15.2. The van der Waals surface area contributed by atoms with E-state index in [1.807, 2.05) is 0 Å². The monoisotopic (exact) mass is 200 g/mol. The van der Waals surface area contributed by atoms with Crippen molar-refractivity contribution >= 4 is 22.0 Å². The first-order chi connectivity index (χ1) is 6.11. The second-order valence-corrected chi connectivity index (χ2v) is 4.65. The zero-order valence-electron chi connectivity index (χ0n) is 6.73. The van der Waals surface area contributed by atoms with E-state index in [1.54, 1.807) is 0 Å². The third-order valence-electron chi connectivity index (χ3n) is 2.02. The lowest BCUT2D eigenvalue weighted by Crippen LogP contribution is -2.26. The molecule has 70 valence electrons. The van der Waals surface area contributed by atoms with Crippen LogP contribution >= 0.6 is 0 Å². The molecule has 1 saturated heterocycles. The smallest absolute Gasteiger partial charge is 0.239 e. The fourth-order valence-corrected chi connectivity index (χ4v) is 2.64. The number of nitrogens with one attached hydrogen (secondary N) is 1. The molecule has 2 rings (SSSR count). The van der Waals surface area contributed by atoms with E-state index >= 15 is 0 Å². The number of carbonyl (C=O) groups excluding carboxylic acids is 1. The largest absolute Gasteiger partial charge is 0.297 e. The Bertz CT molecular complexity index is 407. The minimum absolute atomic E-state index is 0.0787. The quantitative estimate of drug-likeness (QED) is 0.557. The summed E-state index contributed by atoms with van der Waals surface area (Å²) >= 11 is 0. The van der Waals surface area contributed by atoms with Crippen LogP contribution in [0.3, 0.4) is 0 Å². The molecule has 2 aliphatic rings. The predicted molar refractivity (Wildman–Crippen MR) is 46.9 cm³/mol. The van der Waals surface area contributed by atoms with Crippen LogP contribution < -0.4 is 4.72 Å². The van der Waals surface area contributed by atoms with Gasteiger partial charge in [0.25, 0.3) is 0 Å². The molecular formula is C7H8N2O3S. The second kappa shape index (κ2) is 2.74. The van der Waals surface area contributed by atoms with Gasteiger partial charge in [-0.3, -0.25) is 9.79 Å². The summed E-state index contributed by atoms with van der Waals surface area (Å²) in [5, 5.41) is 0. The zero-order valence-corrected chi connectivity index (χ0v) is 7.54. The summed E-state index contributed by atoms with van der Waals surface area (Å²) < 4.78 is 25.2. The lowest BCUT2D eigenvalue weighted by atomic mass is 10.1. The van der Waals surface area contributed by atoms with Gasteiger partial charge in [-0.15, -0.1) is 0 Å². The molecule has 0 aromatic rings. The number of fused-ring (bicyclic) bond motifs is 1. The van der Waals surface area contributed by atoms with Crippen molar-refractivity contribution in [2.75, 3.05) is 6.54 Å². The number of sulfonamides is 1. The molecule has 0 radical (unpaired) electrons. The number of hydrogen-bond acceptors (Lipinski definition) is 4. The Balaban J connectivity index is 2.48. The second-order valence-electron chi connectivity index (χ2n) is 2.88. The molecule has 0 aliphatic carbocycles. The van der Waals surface area contributed by atoms with E-state index in [-0.39, 0.29) is 23.7 Å². The molecule has 0 saturated carbocycles. The van der Waals surface area contributed by atoms with E-state index in [0.29, 0.717) is 0 Å². The van der Waals surface area contributed by atoms with Gasteiger partial charge in [-0.25, -0.2) is 13.1 Å². The first-order valence-electron chi connectivity index (χ1n) is 3.87. The number of aliphatic imine (C=N–C) groups is 1. The highest BCUT2D eigenvalue weighted by atomic mass is 32.2. The Labute approximate surface area is 75.6 Å². The molecule has 6 heteroatoms. The van der Waals surface area contributed by atoms with Crippen LogP contribution in [0.25, 0.3) is 0 Å². The fraction of sp³-hybridized carbons (Fsp3) is 0.429. The number of ketones is 1. The number of hydrogen-bond donors (Lipinski definition) is 1. The average molecular weight is 200 g/mol. The molecule has 2 heterocycles. The molecule has 5 nitrogen and oxygen atoms in total. The highest BCUT2D eigenvalue weighted by Crippen LogP contribution is 2.21. The maximum absolute atomic E-state index is 11.4. The van der Waals surface area contributed by atoms with E-state index < -0.39 is 16.1 Å². The molecular weight excluding hydrogens is 192 g/mol. The van der Waals surface area contributed by atoms with Crippen LogP contribution in [-0.4, -0.2) is 33.0 Å². The molecule has 13 heavy (non-hydrogen) atoms. The van der Waals surface area contributed by atoms with Gasteiger partial charge in [0.2, 0.25) is 10.0 Å². The summed E-state index contributed by atoms with van der Waals surface area (Å²) in [6.07, 6.45) is 2.94. The van der Waals surface area contributed by atoms with E-state index in [9.17, 15) is 13.2 Å². The normalized spacial score (nSPS) is 30.9. The van der Waals surface area contributed by atoms with Crippen molar-refractivity contribution in [3.8, 4) is 0 Å². The van der Waals surface area contributed by atoms with Crippen LogP contribution in [0.1, 0.15) is 6.42 Å². The molecule has 1 fully saturated rings. The summed E-state index contributed by atoms with van der Waals surface area (Å²) in [6.45, 7) is 0.171. The van der Waals surface area contributed by atoms with Gasteiger partial charge in [0, 0.05) is 19.2 Å². The van der Waals surface area contributed by atoms with Crippen molar-refractivity contribution in [2.24, 2.45) is 4.99 Å². The van der Waals surface area contributed by atoms with Gasteiger partial charge in [0.1, 0.15) is 6.04 Å². The maximum atomic E-state index is 11.4. The standard InChI is InChI=1S/C7H8N2O3S/c10-5-1-4-9-13(11,12)6-2-3-8-7(5)6/h2-3,7,9H,1,4H2. The maximum Gasteiger partial charge on any atom is 0.239 e. The van der Waals surface area contributed by atoms with Gasteiger partial charge in [0.15, 0.2) is 5.78 Å². The number of Topliss-reactive ketones (excluding diaryl/α,β-unsaturated/α-hetero) is 1. The Morgan fingerprint density at radius 1 is 1.54 bits per heavy atom. The van der Waals surface area contributed by atoms with Gasteiger partial charge in [0.05, 0.1) is 4.91 Å². The van der Waals surface area contributed by atoms with Crippen LogP contribution in [0.4, 0.5) is 0 Å². The lowest BCUT2D eigenvalue weighted by Gasteiger charge is -2.05. The van der Waals surface area contributed by atoms with Gasteiger partial charge in [-0.1, -0.05) is 0 Å². The third kappa shape index (κ3) is 1.31. The van der Waals surface area contributed by atoms with E-state index in [4.69, 9.17) is 0 Å². The first-order valence-corrected chi connectivity index (χ1v) is 5.35. The van der Waals surface area contributed by atoms with Crippen molar-refractivity contribution < 1.29 is 13.2 Å². The highest BCUT2D eigenvalue weighted by Gasteiger charge is 2.35. The van der Waals surface area contributed by atoms with E-state index in [0.717, 1.165) is 0 Å². The van der Waals surface area contributed by atoms with Gasteiger partial charge < -0.3 is 0 Å². The summed E-state index contributed by atoms with van der Waals surface area (Å²) in [6, 6.07) is -0.792. The van der Waals surface area contributed by atoms with Crippen molar-refractivity contribution in [1.82, 2.24) is 4.72 Å². The molecule has 1 atom stereocenters. The Kier molecular flexibility index (Phi) is 1.81. The van der Waals surface area contributed by atoms with E-state index in [1.165, 1.54) is 12.3 Å². The summed E-state index contributed by atoms with van der Waals surface area (Å²) in [7, 11) is -3.46. The molecule has 0 spiro atoms. The predicted octanol–water partition coefficient (Wildman–Crippen LogP) is -0.784. The SMILES string of the molecule is O=C1CCNS(=O)(=O)C2=CC=NC12. The Morgan fingerprint density at radius 2 is 2.31 bits per heavy atom. The topological polar surface area (TPSA) is 75.6 Å². The fourth-order valence-electron chi connectivity index (χ4n) is 1.37. The van der Waals surface area contributed by atoms with Crippen molar-refractivity contribution in [2.45, 2.75) is 12.5 Å². The number of allylic oxidation sites excluding steroid dienone is 1. The molecule has 1 N–H and O–H groups in total. The lowest BCUT2D eigenvalue weighted by molar-refractivity contribution is -0.119.